The largest absolute Gasteiger partial charge is 0.481 e. The number of nitrogens with one attached hydrogen (secondary N) is 1. The minimum atomic E-state index is -0.816. The fraction of sp³-hybridized carbons (Fsp3) is 0.417. The molecular formula is C12H16N2O4. The van der Waals surface area contributed by atoms with E-state index in [1.165, 1.54) is 6.07 Å². The van der Waals surface area contributed by atoms with Gasteiger partial charge in [-0.15, -0.1) is 0 Å². The second kappa shape index (κ2) is 6.70. The molecule has 0 aromatic heterocycles. The summed E-state index contributed by atoms with van der Waals surface area (Å²) in [4.78, 5) is 20.6. The number of nitrogens with zero attached hydrogens (tertiary/aromatic N) is 1. The second-order valence-electron chi connectivity index (χ2n) is 3.99. The van der Waals surface area contributed by atoms with E-state index in [2.05, 4.69) is 5.32 Å². The maximum Gasteiger partial charge on any atom is 0.303 e. The smallest absolute Gasteiger partial charge is 0.303 e. The number of hydrogen-bond donors (Lipinski definition) is 2. The predicted octanol–water partition coefficient (Wildman–Crippen LogP) is 1.86. The number of rotatable bonds is 7. The van der Waals surface area contributed by atoms with Crippen LogP contribution in [-0.4, -0.2) is 22.5 Å². The van der Waals surface area contributed by atoms with Gasteiger partial charge in [-0.1, -0.05) is 12.1 Å². The molecule has 0 radical (unpaired) electrons. The van der Waals surface area contributed by atoms with Crippen molar-refractivity contribution in [3.05, 3.63) is 39.4 Å². The van der Waals surface area contributed by atoms with Crippen LogP contribution in [0.3, 0.4) is 0 Å². The predicted molar refractivity (Wildman–Crippen MR) is 66.4 cm³/mol. The highest BCUT2D eigenvalue weighted by atomic mass is 16.6. The number of nitro benzene ring substituents is 1. The molecule has 0 atom stereocenters. The zero-order valence-electron chi connectivity index (χ0n) is 10.2. The van der Waals surface area contributed by atoms with Crippen molar-refractivity contribution in [2.24, 2.45) is 0 Å². The normalized spacial score (nSPS) is 10.3. The molecule has 0 saturated heterocycles. The van der Waals surface area contributed by atoms with E-state index in [1.807, 2.05) is 6.07 Å². The molecule has 1 aromatic rings. The molecule has 1 rings (SSSR count). The number of hydrogen-bond acceptors (Lipinski definition) is 4. The SMILES string of the molecule is Cc1c(CNCCCC(=O)O)cccc1[N+](=O)[O-]. The molecule has 0 unspecified atom stereocenters. The molecule has 0 amide bonds. The molecule has 1 aromatic carbocycles. The van der Waals surface area contributed by atoms with Crippen LogP contribution in [0.25, 0.3) is 0 Å². The van der Waals surface area contributed by atoms with E-state index in [9.17, 15) is 14.9 Å². The maximum absolute atomic E-state index is 10.7. The first kappa shape index (κ1) is 14.1. The van der Waals surface area contributed by atoms with Crippen LogP contribution in [0.15, 0.2) is 18.2 Å². The van der Waals surface area contributed by atoms with Crippen molar-refractivity contribution in [2.75, 3.05) is 6.54 Å². The maximum atomic E-state index is 10.7. The van der Waals surface area contributed by atoms with Crippen LogP contribution < -0.4 is 5.32 Å². The van der Waals surface area contributed by atoms with Crippen molar-refractivity contribution in [1.82, 2.24) is 5.32 Å². The van der Waals surface area contributed by atoms with Gasteiger partial charge >= 0.3 is 5.97 Å². The Morgan fingerprint density at radius 3 is 2.83 bits per heavy atom. The van der Waals surface area contributed by atoms with E-state index in [4.69, 9.17) is 5.11 Å². The lowest BCUT2D eigenvalue weighted by Crippen LogP contribution is -2.16. The lowest BCUT2D eigenvalue weighted by atomic mass is 10.1. The second-order valence-corrected chi connectivity index (χ2v) is 3.99. The molecule has 6 heteroatoms. The van der Waals surface area contributed by atoms with Crippen molar-refractivity contribution < 1.29 is 14.8 Å². The number of aliphatic carboxylic acids is 1. The lowest BCUT2D eigenvalue weighted by Gasteiger charge is -2.07. The van der Waals surface area contributed by atoms with Gasteiger partial charge in [0.1, 0.15) is 0 Å². The van der Waals surface area contributed by atoms with Gasteiger partial charge in [0.15, 0.2) is 0 Å². The van der Waals surface area contributed by atoms with Crippen LogP contribution in [0.2, 0.25) is 0 Å². The van der Waals surface area contributed by atoms with Gasteiger partial charge in [0.2, 0.25) is 0 Å². The molecule has 0 saturated carbocycles. The summed E-state index contributed by atoms with van der Waals surface area (Å²) in [6.45, 7) is 2.80. The molecule has 2 N–H and O–H groups in total. The Morgan fingerprint density at radius 1 is 1.50 bits per heavy atom. The van der Waals surface area contributed by atoms with Crippen molar-refractivity contribution in [3.8, 4) is 0 Å². The Kier molecular flexibility index (Phi) is 5.26. The fourth-order valence-electron chi connectivity index (χ4n) is 1.65. The first-order chi connectivity index (χ1) is 8.52. The number of nitro groups is 1. The van der Waals surface area contributed by atoms with Crippen LogP contribution in [0.5, 0.6) is 0 Å². The van der Waals surface area contributed by atoms with Gasteiger partial charge in [-0.25, -0.2) is 0 Å². The topological polar surface area (TPSA) is 92.5 Å². The Balaban J connectivity index is 2.50. The quantitative estimate of drug-likeness (QED) is 0.439. The van der Waals surface area contributed by atoms with Gasteiger partial charge in [-0.3, -0.25) is 14.9 Å². The number of carboxylic acid groups (broad SMARTS) is 1. The standard InChI is InChI=1S/C12H16N2O4/c1-9-10(4-2-5-11(9)14(17)18)8-13-7-3-6-12(15)16/h2,4-5,13H,3,6-8H2,1H3,(H,15,16). The van der Waals surface area contributed by atoms with Gasteiger partial charge in [0.25, 0.3) is 5.69 Å². The molecule has 98 valence electrons. The number of carbonyl (C=O) groups is 1. The summed E-state index contributed by atoms with van der Waals surface area (Å²) < 4.78 is 0. The highest BCUT2D eigenvalue weighted by Crippen LogP contribution is 2.20. The Morgan fingerprint density at radius 2 is 2.22 bits per heavy atom. The Bertz CT molecular complexity index is 446. The summed E-state index contributed by atoms with van der Waals surface area (Å²) in [6, 6.07) is 4.95. The Labute approximate surface area is 105 Å². The molecule has 0 spiro atoms. The van der Waals surface area contributed by atoms with E-state index in [1.54, 1.807) is 13.0 Å². The van der Waals surface area contributed by atoms with Crippen molar-refractivity contribution >= 4 is 11.7 Å². The molecule has 0 aliphatic heterocycles. The molecule has 0 fully saturated rings. The minimum Gasteiger partial charge on any atom is -0.481 e. The van der Waals surface area contributed by atoms with E-state index < -0.39 is 10.9 Å². The Hall–Kier alpha value is -1.95. The molecule has 0 heterocycles. The summed E-state index contributed by atoms with van der Waals surface area (Å²) >= 11 is 0. The van der Waals surface area contributed by atoms with E-state index in [-0.39, 0.29) is 12.1 Å². The van der Waals surface area contributed by atoms with E-state index in [0.717, 1.165) is 5.56 Å². The van der Waals surface area contributed by atoms with Crippen LogP contribution in [0, 0.1) is 17.0 Å². The zero-order valence-corrected chi connectivity index (χ0v) is 10.2. The number of benzene rings is 1. The van der Waals surface area contributed by atoms with Gasteiger partial charge in [-0.2, -0.15) is 0 Å². The average Bonchev–Trinajstić information content (AvgIpc) is 2.30. The van der Waals surface area contributed by atoms with E-state index in [0.29, 0.717) is 25.1 Å². The monoisotopic (exact) mass is 252 g/mol. The van der Waals surface area contributed by atoms with Crippen molar-refractivity contribution in [2.45, 2.75) is 26.3 Å². The molecule has 0 aliphatic carbocycles. The molecule has 0 bridgehead atoms. The van der Waals surface area contributed by atoms with Gasteiger partial charge in [0.05, 0.1) is 4.92 Å². The van der Waals surface area contributed by atoms with Crippen molar-refractivity contribution in [3.63, 3.8) is 0 Å². The molecule has 6 nitrogen and oxygen atoms in total. The first-order valence-corrected chi connectivity index (χ1v) is 5.67. The number of carboxylic acids is 1. The third-order valence-electron chi connectivity index (χ3n) is 2.67. The fourth-order valence-corrected chi connectivity index (χ4v) is 1.65. The van der Waals surface area contributed by atoms with E-state index >= 15 is 0 Å². The van der Waals surface area contributed by atoms with Gasteiger partial charge in [-0.05, 0) is 25.5 Å². The third kappa shape index (κ3) is 4.14. The zero-order chi connectivity index (χ0) is 13.5. The summed E-state index contributed by atoms with van der Waals surface area (Å²) in [6.07, 6.45) is 0.671. The summed E-state index contributed by atoms with van der Waals surface area (Å²) in [5, 5.41) is 22.3. The lowest BCUT2D eigenvalue weighted by molar-refractivity contribution is -0.385. The molecular weight excluding hydrogens is 236 g/mol. The molecule has 0 aliphatic rings. The minimum absolute atomic E-state index is 0.111. The summed E-state index contributed by atoms with van der Waals surface area (Å²) in [5.74, 6) is -0.816. The molecule has 18 heavy (non-hydrogen) atoms. The summed E-state index contributed by atoms with van der Waals surface area (Å²) in [5.41, 5.74) is 1.62. The van der Waals surface area contributed by atoms with Crippen LogP contribution in [0.1, 0.15) is 24.0 Å². The average molecular weight is 252 g/mol. The van der Waals surface area contributed by atoms with Crippen LogP contribution in [0.4, 0.5) is 5.69 Å². The van der Waals surface area contributed by atoms with Crippen molar-refractivity contribution in [1.29, 1.82) is 0 Å². The van der Waals surface area contributed by atoms with Gasteiger partial charge in [0, 0.05) is 24.6 Å². The summed E-state index contributed by atoms with van der Waals surface area (Å²) in [7, 11) is 0. The first-order valence-electron chi connectivity index (χ1n) is 5.67. The third-order valence-corrected chi connectivity index (χ3v) is 2.67. The highest BCUT2D eigenvalue weighted by Gasteiger charge is 2.12. The van der Waals surface area contributed by atoms with Crippen LogP contribution in [-0.2, 0) is 11.3 Å². The van der Waals surface area contributed by atoms with Crippen LogP contribution >= 0.6 is 0 Å². The van der Waals surface area contributed by atoms with Gasteiger partial charge < -0.3 is 10.4 Å². The highest BCUT2D eigenvalue weighted by molar-refractivity contribution is 5.66.